The van der Waals surface area contributed by atoms with Gasteiger partial charge in [0.1, 0.15) is 6.04 Å². The average molecular weight is 350 g/mol. The van der Waals surface area contributed by atoms with Crippen molar-refractivity contribution in [2.24, 2.45) is 5.92 Å². The molecule has 0 heterocycles. The van der Waals surface area contributed by atoms with E-state index in [0.717, 1.165) is 5.56 Å². The van der Waals surface area contributed by atoms with Crippen LogP contribution < -0.4 is 21.3 Å². The largest absolute Gasteiger partial charge is 0.392 e. The highest BCUT2D eigenvalue weighted by atomic mass is 16.3. The van der Waals surface area contributed by atoms with Gasteiger partial charge in [-0.15, -0.1) is 0 Å². The minimum absolute atomic E-state index is 0.0693. The summed E-state index contributed by atoms with van der Waals surface area (Å²) in [5.74, 6) is -1.20. The van der Waals surface area contributed by atoms with Gasteiger partial charge in [0.25, 0.3) is 0 Å². The van der Waals surface area contributed by atoms with Crippen molar-refractivity contribution < 1.29 is 19.5 Å². The van der Waals surface area contributed by atoms with Gasteiger partial charge >= 0.3 is 0 Å². The Hall–Kier alpha value is -2.45. The first-order valence-corrected chi connectivity index (χ1v) is 8.08. The van der Waals surface area contributed by atoms with E-state index in [-0.39, 0.29) is 37.4 Å². The van der Waals surface area contributed by atoms with Gasteiger partial charge in [-0.1, -0.05) is 26.0 Å². The number of carbonyl (C=O) groups excluding carboxylic acids is 3. The van der Waals surface area contributed by atoms with Crippen LogP contribution in [0.2, 0.25) is 0 Å². The molecule has 1 aromatic rings. The van der Waals surface area contributed by atoms with Crippen molar-refractivity contribution in [1.29, 1.82) is 0 Å². The lowest BCUT2D eigenvalue weighted by atomic mass is 10.0. The molecule has 8 nitrogen and oxygen atoms in total. The molecule has 0 aliphatic carbocycles. The molecule has 0 saturated heterocycles. The molecule has 0 radical (unpaired) electrons. The molecule has 0 fully saturated rings. The van der Waals surface area contributed by atoms with Crippen LogP contribution in [0.3, 0.4) is 0 Å². The van der Waals surface area contributed by atoms with E-state index in [2.05, 4.69) is 21.3 Å². The minimum atomic E-state index is -0.711. The molecule has 25 heavy (non-hydrogen) atoms. The molecular weight excluding hydrogens is 324 g/mol. The first-order valence-electron chi connectivity index (χ1n) is 8.08. The van der Waals surface area contributed by atoms with Crippen LogP contribution in [-0.4, -0.2) is 49.0 Å². The smallest absolute Gasteiger partial charge is 0.243 e. The van der Waals surface area contributed by atoms with Gasteiger partial charge in [-0.05, 0) is 30.7 Å². The number of hydrogen-bond donors (Lipinski definition) is 5. The summed E-state index contributed by atoms with van der Waals surface area (Å²) in [5, 5.41) is 19.5. The van der Waals surface area contributed by atoms with E-state index in [9.17, 15) is 14.4 Å². The number of aliphatic hydroxyl groups is 1. The third-order valence-corrected chi connectivity index (χ3v) is 3.45. The highest BCUT2D eigenvalue weighted by Gasteiger charge is 2.24. The second kappa shape index (κ2) is 10.4. The number of likely N-dealkylation sites (N-methyl/N-ethyl adjacent to an activating group) is 1. The lowest BCUT2D eigenvalue weighted by molar-refractivity contribution is -0.130. The lowest BCUT2D eigenvalue weighted by Crippen LogP contribution is -2.52. The number of aliphatic hydroxyl groups excluding tert-OH is 1. The Kier molecular flexibility index (Phi) is 8.59. The summed E-state index contributed by atoms with van der Waals surface area (Å²) in [6.07, 6.45) is 0. The summed E-state index contributed by atoms with van der Waals surface area (Å²) >= 11 is 0. The van der Waals surface area contributed by atoms with E-state index in [1.54, 1.807) is 31.3 Å². The maximum Gasteiger partial charge on any atom is 0.243 e. The molecule has 0 aliphatic rings. The summed E-state index contributed by atoms with van der Waals surface area (Å²) in [6, 6.07) is 6.01. The fraction of sp³-hybridized carbons (Fsp3) is 0.471. The maximum absolute atomic E-state index is 12.2. The molecule has 0 saturated carbocycles. The van der Waals surface area contributed by atoms with Crippen molar-refractivity contribution >= 4 is 23.4 Å². The van der Waals surface area contributed by atoms with Gasteiger partial charge in [0.05, 0.1) is 19.7 Å². The van der Waals surface area contributed by atoms with E-state index in [1.807, 2.05) is 13.8 Å². The summed E-state index contributed by atoms with van der Waals surface area (Å²) in [5.41, 5.74) is 1.31. The first-order chi connectivity index (χ1) is 11.9. The molecule has 0 spiro atoms. The molecule has 1 unspecified atom stereocenters. The van der Waals surface area contributed by atoms with Gasteiger partial charge in [-0.2, -0.15) is 0 Å². The van der Waals surface area contributed by atoms with Crippen molar-refractivity contribution in [2.75, 3.05) is 25.5 Å². The SMILES string of the molecule is CNCC(=O)NC(C(=O)NCC(=O)Nc1ccc(CO)cc1)C(C)C. The normalized spacial score (nSPS) is 11.7. The summed E-state index contributed by atoms with van der Waals surface area (Å²) in [4.78, 5) is 35.8. The van der Waals surface area contributed by atoms with E-state index in [4.69, 9.17) is 5.11 Å². The van der Waals surface area contributed by atoms with Gasteiger partial charge in [-0.25, -0.2) is 0 Å². The predicted molar refractivity (Wildman–Crippen MR) is 94.7 cm³/mol. The summed E-state index contributed by atoms with van der Waals surface area (Å²) < 4.78 is 0. The monoisotopic (exact) mass is 350 g/mol. The molecule has 0 aromatic heterocycles. The number of nitrogens with one attached hydrogen (secondary N) is 4. The second-order valence-corrected chi connectivity index (χ2v) is 5.94. The van der Waals surface area contributed by atoms with Crippen LogP contribution in [-0.2, 0) is 21.0 Å². The summed E-state index contributed by atoms with van der Waals surface area (Å²) in [7, 11) is 1.64. The first kappa shape index (κ1) is 20.6. The Morgan fingerprint density at radius 3 is 2.20 bits per heavy atom. The quantitative estimate of drug-likeness (QED) is 0.415. The van der Waals surface area contributed by atoms with Crippen molar-refractivity contribution in [3.05, 3.63) is 29.8 Å². The molecule has 138 valence electrons. The van der Waals surface area contributed by atoms with Gasteiger partial charge < -0.3 is 26.4 Å². The molecular formula is C17H26N4O4. The second-order valence-electron chi connectivity index (χ2n) is 5.94. The number of benzene rings is 1. The van der Waals surface area contributed by atoms with Crippen LogP contribution >= 0.6 is 0 Å². The Morgan fingerprint density at radius 2 is 1.68 bits per heavy atom. The highest BCUT2D eigenvalue weighted by Crippen LogP contribution is 2.09. The van der Waals surface area contributed by atoms with Gasteiger partial charge in [-0.3, -0.25) is 14.4 Å². The Balaban J connectivity index is 2.51. The van der Waals surface area contributed by atoms with Gasteiger partial charge in [0.2, 0.25) is 17.7 Å². The van der Waals surface area contributed by atoms with Crippen molar-refractivity contribution in [3.63, 3.8) is 0 Å². The van der Waals surface area contributed by atoms with Crippen molar-refractivity contribution in [3.8, 4) is 0 Å². The zero-order valence-corrected chi connectivity index (χ0v) is 14.8. The van der Waals surface area contributed by atoms with Crippen LogP contribution in [0.15, 0.2) is 24.3 Å². The van der Waals surface area contributed by atoms with E-state index in [1.165, 1.54) is 0 Å². The number of anilines is 1. The Labute approximate surface area is 147 Å². The van der Waals surface area contributed by atoms with Crippen LogP contribution in [0.1, 0.15) is 19.4 Å². The van der Waals surface area contributed by atoms with Crippen LogP contribution in [0.25, 0.3) is 0 Å². The number of rotatable bonds is 9. The topological polar surface area (TPSA) is 120 Å². The van der Waals surface area contributed by atoms with Gasteiger partial charge in [0.15, 0.2) is 0 Å². The Bertz CT molecular complexity index is 587. The maximum atomic E-state index is 12.2. The van der Waals surface area contributed by atoms with Crippen molar-refractivity contribution in [2.45, 2.75) is 26.5 Å². The molecule has 5 N–H and O–H groups in total. The fourth-order valence-corrected chi connectivity index (χ4v) is 2.10. The van der Waals surface area contributed by atoms with Crippen LogP contribution in [0, 0.1) is 5.92 Å². The molecule has 1 aromatic carbocycles. The van der Waals surface area contributed by atoms with E-state index < -0.39 is 11.9 Å². The molecule has 1 atom stereocenters. The molecule has 3 amide bonds. The third kappa shape index (κ3) is 7.32. The summed E-state index contributed by atoms with van der Waals surface area (Å²) in [6.45, 7) is 3.46. The van der Waals surface area contributed by atoms with Crippen LogP contribution in [0.5, 0.6) is 0 Å². The molecule has 0 bridgehead atoms. The molecule has 1 rings (SSSR count). The van der Waals surface area contributed by atoms with E-state index >= 15 is 0 Å². The Morgan fingerprint density at radius 1 is 1.04 bits per heavy atom. The van der Waals surface area contributed by atoms with Crippen molar-refractivity contribution in [1.82, 2.24) is 16.0 Å². The van der Waals surface area contributed by atoms with Gasteiger partial charge in [0, 0.05) is 5.69 Å². The average Bonchev–Trinajstić information content (AvgIpc) is 2.58. The zero-order valence-electron chi connectivity index (χ0n) is 14.8. The standard InChI is InChI=1S/C17H26N4O4/c1-11(2)16(21-14(23)8-18-3)17(25)19-9-15(24)20-13-6-4-12(10-22)5-7-13/h4-7,11,16,18,22H,8-10H2,1-3H3,(H,19,25)(H,20,24)(H,21,23). The van der Waals surface area contributed by atoms with E-state index in [0.29, 0.717) is 5.69 Å². The predicted octanol–water partition coefficient (Wildman–Crippen LogP) is -0.406. The number of amides is 3. The number of carbonyl (C=O) groups is 3. The van der Waals surface area contributed by atoms with Crippen LogP contribution in [0.4, 0.5) is 5.69 Å². The minimum Gasteiger partial charge on any atom is -0.392 e. The number of hydrogen-bond acceptors (Lipinski definition) is 5. The third-order valence-electron chi connectivity index (χ3n) is 3.45. The lowest BCUT2D eigenvalue weighted by Gasteiger charge is -2.21. The zero-order chi connectivity index (χ0) is 18.8. The fourth-order valence-electron chi connectivity index (χ4n) is 2.10. The highest BCUT2D eigenvalue weighted by molar-refractivity contribution is 5.96. The molecule has 0 aliphatic heterocycles. The molecule has 8 heteroatoms.